The van der Waals surface area contributed by atoms with Gasteiger partial charge in [0.05, 0.1) is 36.4 Å². The fraction of sp³-hybridized carbons (Fsp3) is 0.0455. The molecular formula is C22H15N3O2. The molecule has 0 atom stereocenters. The van der Waals surface area contributed by atoms with Gasteiger partial charge >= 0.3 is 0 Å². The van der Waals surface area contributed by atoms with Gasteiger partial charge in [-0.2, -0.15) is 5.26 Å². The van der Waals surface area contributed by atoms with Crippen molar-refractivity contribution in [2.75, 3.05) is 0 Å². The highest BCUT2D eigenvalue weighted by molar-refractivity contribution is 5.74. The lowest BCUT2D eigenvalue weighted by molar-refractivity contribution is 0.561. The summed E-state index contributed by atoms with van der Waals surface area (Å²) >= 11 is 0. The molecular weight excluding hydrogens is 338 g/mol. The van der Waals surface area contributed by atoms with E-state index in [-0.39, 0.29) is 5.56 Å². The lowest BCUT2D eigenvalue weighted by Gasteiger charge is -2.12. The number of benzene rings is 1. The molecule has 0 aliphatic heterocycles. The number of pyridine rings is 2. The van der Waals surface area contributed by atoms with E-state index in [4.69, 9.17) is 4.42 Å². The fourth-order valence-corrected chi connectivity index (χ4v) is 3.01. The summed E-state index contributed by atoms with van der Waals surface area (Å²) in [5.74, 6) is 0. The van der Waals surface area contributed by atoms with Crippen LogP contribution < -0.4 is 5.56 Å². The highest BCUT2D eigenvalue weighted by Gasteiger charge is 2.14. The second-order valence-corrected chi connectivity index (χ2v) is 6.08. The molecule has 0 unspecified atom stereocenters. The summed E-state index contributed by atoms with van der Waals surface area (Å²) in [5, 5.41) is 9.45. The number of furan rings is 1. The number of hydrogen-bond acceptors (Lipinski definition) is 4. The monoisotopic (exact) mass is 353 g/mol. The van der Waals surface area contributed by atoms with Crippen LogP contribution in [0.25, 0.3) is 22.4 Å². The molecule has 5 nitrogen and oxygen atoms in total. The molecule has 0 N–H and O–H groups in total. The lowest BCUT2D eigenvalue weighted by Crippen LogP contribution is -2.22. The van der Waals surface area contributed by atoms with E-state index < -0.39 is 0 Å². The van der Waals surface area contributed by atoms with Crippen LogP contribution >= 0.6 is 0 Å². The van der Waals surface area contributed by atoms with Crippen molar-refractivity contribution in [3.8, 4) is 28.5 Å². The maximum absolute atomic E-state index is 13.1. The van der Waals surface area contributed by atoms with Crippen LogP contribution in [0.5, 0.6) is 0 Å². The van der Waals surface area contributed by atoms with Crippen molar-refractivity contribution >= 4 is 0 Å². The molecule has 0 radical (unpaired) electrons. The van der Waals surface area contributed by atoms with Crippen LogP contribution in [0.3, 0.4) is 0 Å². The number of nitrogens with zero attached hydrogens (tertiary/aromatic N) is 3. The van der Waals surface area contributed by atoms with Gasteiger partial charge in [0.25, 0.3) is 5.56 Å². The molecule has 0 spiro atoms. The topological polar surface area (TPSA) is 71.8 Å². The smallest absolute Gasteiger partial charge is 0.258 e. The minimum Gasteiger partial charge on any atom is -0.472 e. The van der Waals surface area contributed by atoms with Crippen molar-refractivity contribution in [1.29, 1.82) is 5.26 Å². The molecule has 130 valence electrons. The zero-order chi connectivity index (χ0) is 18.6. The Morgan fingerprint density at radius 2 is 1.93 bits per heavy atom. The normalized spacial score (nSPS) is 10.5. The van der Waals surface area contributed by atoms with Gasteiger partial charge in [0.1, 0.15) is 0 Å². The first kappa shape index (κ1) is 16.6. The Bertz CT molecular complexity index is 1170. The van der Waals surface area contributed by atoms with E-state index in [1.165, 1.54) is 0 Å². The zero-order valence-corrected chi connectivity index (χ0v) is 14.4. The maximum Gasteiger partial charge on any atom is 0.258 e. The zero-order valence-electron chi connectivity index (χ0n) is 14.4. The third-order valence-electron chi connectivity index (χ3n) is 4.32. The molecule has 0 amide bonds. The molecule has 0 aliphatic carbocycles. The summed E-state index contributed by atoms with van der Waals surface area (Å²) in [6.07, 6.45) is 6.69. The highest BCUT2D eigenvalue weighted by Crippen LogP contribution is 2.25. The van der Waals surface area contributed by atoms with Gasteiger partial charge < -0.3 is 8.98 Å². The summed E-state index contributed by atoms with van der Waals surface area (Å²) in [4.78, 5) is 17.5. The van der Waals surface area contributed by atoms with Crippen LogP contribution in [0.15, 0.2) is 88.7 Å². The van der Waals surface area contributed by atoms with E-state index in [1.807, 2.05) is 30.3 Å². The molecule has 1 aromatic carbocycles. The SMILES string of the molecule is N#Cc1ccccc1-c1cc(-c2ccccn2)cn(Cc2ccoc2)c1=O. The summed E-state index contributed by atoms with van der Waals surface area (Å²) in [5.41, 5.74) is 3.83. The minimum atomic E-state index is -0.168. The lowest BCUT2D eigenvalue weighted by atomic mass is 9.99. The molecule has 0 aliphatic rings. The van der Waals surface area contributed by atoms with Crippen LogP contribution in [0.1, 0.15) is 11.1 Å². The van der Waals surface area contributed by atoms with Crippen molar-refractivity contribution in [3.63, 3.8) is 0 Å². The second kappa shape index (κ2) is 7.14. The van der Waals surface area contributed by atoms with E-state index in [1.54, 1.807) is 53.8 Å². The van der Waals surface area contributed by atoms with Crippen LogP contribution in [-0.4, -0.2) is 9.55 Å². The third kappa shape index (κ3) is 3.29. The molecule has 0 fully saturated rings. The van der Waals surface area contributed by atoms with Crippen molar-refractivity contribution in [2.24, 2.45) is 0 Å². The predicted molar refractivity (Wildman–Crippen MR) is 102 cm³/mol. The summed E-state index contributed by atoms with van der Waals surface area (Å²) in [7, 11) is 0. The second-order valence-electron chi connectivity index (χ2n) is 6.08. The van der Waals surface area contributed by atoms with Crippen LogP contribution in [-0.2, 0) is 6.54 Å². The summed E-state index contributed by atoms with van der Waals surface area (Å²) in [6, 6.07) is 18.5. The number of nitriles is 1. The fourth-order valence-electron chi connectivity index (χ4n) is 3.01. The third-order valence-corrected chi connectivity index (χ3v) is 4.32. The molecule has 4 aromatic rings. The van der Waals surface area contributed by atoms with Gasteiger partial charge in [-0.3, -0.25) is 9.78 Å². The Labute approximate surface area is 155 Å². The van der Waals surface area contributed by atoms with Crippen LogP contribution in [0.2, 0.25) is 0 Å². The number of rotatable bonds is 4. The Kier molecular flexibility index (Phi) is 4.38. The predicted octanol–water partition coefficient (Wildman–Crippen LogP) is 4.09. The highest BCUT2D eigenvalue weighted by atomic mass is 16.3. The van der Waals surface area contributed by atoms with Crippen molar-refractivity contribution < 1.29 is 4.42 Å². The van der Waals surface area contributed by atoms with Crippen molar-refractivity contribution in [3.05, 3.63) is 101 Å². The van der Waals surface area contributed by atoms with Gasteiger partial charge in [0, 0.05) is 34.6 Å². The number of aromatic nitrogens is 2. The Hall–Kier alpha value is -3.91. The standard InChI is InChI=1S/C22H15N3O2/c23-12-17-5-1-2-6-19(17)20-11-18(21-7-3-4-9-24-21)14-25(22(20)26)13-16-8-10-27-15-16/h1-11,14-15H,13H2. The average Bonchev–Trinajstić information content (AvgIpc) is 3.23. The van der Waals surface area contributed by atoms with E-state index in [2.05, 4.69) is 11.1 Å². The van der Waals surface area contributed by atoms with E-state index in [0.717, 1.165) is 16.8 Å². The first-order chi connectivity index (χ1) is 13.3. The molecule has 3 heterocycles. The van der Waals surface area contributed by atoms with Gasteiger partial charge in [-0.15, -0.1) is 0 Å². The van der Waals surface area contributed by atoms with E-state index in [0.29, 0.717) is 23.2 Å². The van der Waals surface area contributed by atoms with Crippen molar-refractivity contribution in [2.45, 2.75) is 6.54 Å². The first-order valence-electron chi connectivity index (χ1n) is 8.43. The van der Waals surface area contributed by atoms with Crippen LogP contribution in [0, 0.1) is 11.3 Å². The maximum atomic E-state index is 13.1. The minimum absolute atomic E-state index is 0.168. The summed E-state index contributed by atoms with van der Waals surface area (Å²) in [6.45, 7) is 0.373. The molecule has 5 heteroatoms. The molecule has 0 bridgehead atoms. The Morgan fingerprint density at radius 3 is 2.67 bits per heavy atom. The van der Waals surface area contributed by atoms with Gasteiger partial charge in [-0.05, 0) is 30.3 Å². The van der Waals surface area contributed by atoms with Gasteiger partial charge in [-0.25, -0.2) is 0 Å². The van der Waals surface area contributed by atoms with Crippen LogP contribution in [0.4, 0.5) is 0 Å². The molecule has 27 heavy (non-hydrogen) atoms. The molecule has 4 rings (SSSR count). The van der Waals surface area contributed by atoms with Crippen molar-refractivity contribution in [1.82, 2.24) is 9.55 Å². The largest absolute Gasteiger partial charge is 0.472 e. The first-order valence-corrected chi connectivity index (χ1v) is 8.43. The van der Waals surface area contributed by atoms with E-state index in [9.17, 15) is 10.1 Å². The van der Waals surface area contributed by atoms with Gasteiger partial charge in [0.2, 0.25) is 0 Å². The molecule has 0 saturated heterocycles. The average molecular weight is 353 g/mol. The molecule has 0 saturated carbocycles. The Morgan fingerprint density at radius 1 is 1.07 bits per heavy atom. The molecule has 3 aromatic heterocycles. The summed E-state index contributed by atoms with van der Waals surface area (Å²) < 4.78 is 6.75. The van der Waals surface area contributed by atoms with Gasteiger partial charge in [-0.1, -0.05) is 24.3 Å². The Balaban J connectivity index is 1.95. The van der Waals surface area contributed by atoms with Gasteiger partial charge in [0.15, 0.2) is 0 Å². The number of hydrogen-bond donors (Lipinski definition) is 0. The quantitative estimate of drug-likeness (QED) is 0.554. The van der Waals surface area contributed by atoms with E-state index >= 15 is 0 Å².